The molecule has 0 aliphatic rings. The van der Waals surface area contributed by atoms with E-state index in [1.54, 1.807) is 56.3 Å². The van der Waals surface area contributed by atoms with Gasteiger partial charge in [0.1, 0.15) is 6.04 Å². The lowest BCUT2D eigenvalue weighted by Crippen LogP contribution is -2.47. The molecule has 39 heavy (non-hydrogen) atoms. The van der Waals surface area contributed by atoms with Crippen LogP contribution in [0, 0.1) is 0 Å². The Morgan fingerprint density at radius 1 is 0.897 bits per heavy atom. The Hall–Kier alpha value is -2.62. The molecule has 0 unspecified atom stereocenters. The first-order chi connectivity index (χ1) is 18.5. The number of rotatable bonds is 12. The molecule has 0 spiro atoms. The summed E-state index contributed by atoms with van der Waals surface area (Å²) < 4.78 is 26.8. The summed E-state index contributed by atoms with van der Waals surface area (Å²) in [4.78, 5) is 28.2. The maximum Gasteiger partial charge on any atom is 0.242 e. The monoisotopic (exact) mass is 609 g/mol. The Kier molecular flexibility index (Phi) is 11.2. The third-order valence-electron chi connectivity index (χ3n) is 6.10. The molecule has 3 aromatic carbocycles. The van der Waals surface area contributed by atoms with Crippen molar-refractivity contribution in [1.29, 1.82) is 0 Å². The highest BCUT2D eigenvalue weighted by molar-refractivity contribution is 7.89. The average molecular weight is 611 g/mol. The molecule has 1 atom stereocenters. The highest BCUT2D eigenvalue weighted by Gasteiger charge is 2.26. The summed E-state index contributed by atoms with van der Waals surface area (Å²) in [5, 5.41) is 4.36. The smallest absolute Gasteiger partial charge is 0.242 e. The number of hydrogen-bond acceptors (Lipinski definition) is 4. The molecule has 0 saturated carbocycles. The molecule has 0 radical (unpaired) electrons. The summed E-state index contributed by atoms with van der Waals surface area (Å²) in [6.07, 6.45) is 0.514. The van der Waals surface area contributed by atoms with Gasteiger partial charge >= 0.3 is 0 Å². The van der Waals surface area contributed by atoms with Gasteiger partial charge in [0.25, 0.3) is 0 Å². The van der Waals surface area contributed by atoms with Gasteiger partial charge in [-0.1, -0.05) is 72.1 Å². The van der Waals surface area contributed by atoms with E-state index >= 15 is 0 Å². The summed E-state index contributed by atoms with van der Waals surface area (Å²) in [7, 11) is -3.55. The molecule has 2 amide bonds. The van der Waals surface area contributed by atoms with Crippen LogP contribution < -0.4 is 10.0 Å². The van der Waals surface area contributed by atoms with E-state index in [4.69, 9.17) is 34.8 Å². The Morgan fingerprint density at radius 3 is 2.13 bits per heavy atom. The third-order valence-corrected chi connectivity index (χ3v) is 8.50. The number of amides is 2. The first kappa shape index (κ1) is 30.9. The zero-order chi connectivity index (χ0) is 28.6. The van der Waals surface area contributed by atoms with Crippen molar-refractivity contribution < 1.29 is 18.0 Å². The van der Waals surface area contributed by atoms with Crippen LogP contribution in [0.1, 0.15) is 37.0 Å². The van der Waals surface area contributed by atoms with Crippen LogP contribution in [0.25, 0.3) is 0 Å². The lowest BCUT2D eigenvalue weighted by Gasteiger charge is -2.29. The number of aryl methyl sites for hydroxylation is 1. The van der Waals surface area contributed by atoms with Crippen LogP contribution in [0.5, 0.6) is 0 Å². The number of hydrogen-bond donors (Lipinski definition) is 2. The van der Waals surface area contributed by atoms with Crippen LogP contribution >= 0.6 is 34.8 Å². The fourth-order valence-electron chi connectivity index (χ4n) is 3.87. The van der Waals surface area contributed by atoms with Gasteiger partial charge < -0.3 is 10.2 Å². The number of carbonyl (C=O) groups excluding carboxylic acids is 2. The Balaban J connectivity index is 1.71. The Morgan fingerprint density at radius 2 is 1.51 bits per heavy atom. The zero-order valence-corrected chi connectivity index (χ0v) is 24.7. The van der Waals surface area contributed by atoms with Gasteiger partial charge in [-0.2, -0.15) is 0 Å². The van der Waals surface area contributed by atoms with Gasteiger partial charge in [0, 0.05) is 41.1 Å². The summed E-state index contributed by atoms with van der Waals surface area (Å²) in [6.45, 7) is 4.07. The molecule has 0 bridgehead atoms. The molecule has 208 valence electrons. The lowest BCUT2D eigenvalue weighted by molar-refractivity contribution is -0.140. The van der Waals surface area contributed by atoms with Gasteiger partial charge in [0.15, 0.2) is 0 Å². The molecular weight excluding hydrogens is 581 g/mol. The fourth-order valence-corrected chi connectivity index (χ4v) is 5.51. The van der Waals surface area contributed by atoms with Gasteiger partial charge in [-0.3, -0.25) is 9.59 Å². The molecular formula is C28H30Cl3N3O4S. The summed E-state index contributed by atoms with van der Waals surface area (Å²) >= 11 is 18.2. The average Bonchev–Trinajstić information content (AvgIpc) is 2.90. The molecule has 0 aliphatic carbocycles. The Labute approximate surface area is 244 Å². The first-order valence-corrected chi connectivity index (χ1v) is 15.0. The van der Waals surface area contributed by atoms with Gasteiger partial charge in [0.05, 0.1) is 4.90 Å². The molecule has 0 heterocycles. The maximum atomic E-state index is 13.4. The molecule has 0 aliphatic heterocycles. The van der Waals surface area contributed by atoms with E-state index in [-0.39, 0.29) is 36.2 Å². The summed E-state index contributed by atoms with van der Waals surface area (Å²) in [5.74, 6) is -0.553. The van der Waals surface area contributed by atoms with Gasteiger partial charge in [-0.15, -0.1) is 0 Å². The topological polar surface area (TPSA) is 95.6 Å². The molecule has 2 N–H and O–H groups in total. The highest BCUT2D eigenvalue weighted by Crippen LogP contribution is 2.21. The van der Waals surface area contributed by atoms with Crippen molar-refractivity contribution in [2.24, 2.45) is 0 Å². The quantitative estimate of drug-likeness (QED) is 0.279. The molecule has 3 aromatic rings. The number of benzene rings is 3. The van der Waals surface area contributed by atoms with E-state index in [1.165, 1.54) is 17.0 Å². The maximum absolute atomic E-state index is 13.4. The van der Waals surface area contributed by atoms with E-state index in [2.05, 4.69) is 10.0 Å². The number of carbonyl (C=O) groups is 2. The fraction of sp³-hybridized carbons (Fsp3) is 0.286. The third kappa shape index (κ3) is 8.95. The van der Waals surface area contributed by atoms with E-state index in [1.807, 2.05) is 12.1 Å². The molecule has 0 aromatic heterocycles. The normalized spacial score (nSPS) is 12.1. The van der Waals surface area contributed by atoms with Crippen molar-refractivity contribution in [3.8, 4) is 0 Å². The minimum absolute atomic E-state index is 0.132. The van der Waals surface area contributed by atoms with Crippen LogP contribution in [0.15, 0.2) is 71.6 Å². The second-order valence-electron chi connectivity index (χ2n) is 8.92. The standard InChI is InChI=1S/C28H30Cl3N3O4S/c1-3-33-39(37,38)25-13-6-20(7-14-25)8-15-27(35)34(18-21-4-10-23(29)11-5-21)19(2)28(36)32-17-22-9-12-24(30)16-26(22)31/h4-7,9-14,16,19,33H,3,8,15,17-18H2,1-2H3,(H,32,36)/t19-/m0/s1. The molecule has 0 fully saturated rings. The van der Waals surface area contributed by atoms with Crippen LogP contribution in [0.4, 0.5) is 0 Å². The number of nitrogens with zero attached hydrogens (tertiary/aromatic N) is 1. The summed E-state index contributed by atoms with van der Waals surface area (Å²) in [6, 6.07) is 17.7. The van der Waals surface area contributed by atoms with E-state index in [0.717, 1.165) is 11.1 Å². The van der Waals surface area contributed by atoms with Gasteiger partial charge in [-0.25, -0.2) is 13.1 Å². The van der Waals surface area contributed by atoms with Crippen LogP contribution in [-0.2, 0) is 39.1 Å². The lowest BCUT2D eigenvalue weighted by atomic mass is 10.1. The molecule has 0 saturated heterocycles. The Bertz CT molecular complexity index is 1400. The minimum Gasteiger partial charge on any atom is -0.350 e. The molecule has 7 nitrogen and oxygen atoms in total. The van der Waals surface area contributed by atoms with Gasteiger partial charge in [0.2, 0.25) is 21.8 Å². The molecule has 3 rings (SSSR count). The predicted octanol–water partition coefficient (Wildman–Crippen LogP) is 5.61. The van der Waals surface area contributed by atoms with E-state index in [0.29, 0.717) is 33.6 Å². The van der Waals surface area contributed by atoms with Gasteiger partial charge in [-0.05, 0) is 66.4 Å². The van der Waals surface area contributed by atoms with Crippen LogP contribution in [0.3, 0.4) is 0 Å². The number of nitrogens with one attached hydrogen (secondary N) is 2. The van der Waals surface area contributed by atoms with Crippen molar-refractivity contribution in [2.75, 3.05) is 6.54 Å². The van der Waals surface area contributed by atoms with Crippen LogP contribution in [-0.4, -0.2) is 37.7 Å². The first-order valence-electron chi connectivity index (χ1n) is 12.3. The zero-order valence-electron chi connectivity index (χ0n) is 21.6. The SMILES string of the molecule is CCNS(=O)(=O)c1ccc(CCC(=O)N(Cc2ccc(Cl)cc2)[C@@H](C)C(=O)NCc2ccc(Cl)cc2Cl)cc1. The number of sulfonamides is 1. The highest BCUT2D eigenvalue weighted by atomic mass is 35.5. The largest absolute Gasteiger partial charge is 0.350 e. The van der Waals surface area contributed by atoms with Crippen molar-refractivity contribution in [1.82, 2.24) is 14.9 Å². The molecule has 11 heteroatoms. The van der Waals surface area contributed by atoms with Crippen LogP contribution in [0.2, 0.25) is 15.1 Å². The van der Waals surface area contributed by atoms with Crippen molar-refractivity contribution in [3.05, 3.63) is 98.5 Å². The van der Waals surface area contributed by atoms with Crippen molar-refractivity contribution in [2.45, 2.75) is 50.7 Å². The predicted molar refractivity (Wildman–Crippen MR) is 155 cm³/mol. The minimum atomic E-state index is -3.55. The van der Waals surface area contributed by atoms with Crippen molar-refractivity contribution in [3.63, 3.8) is 0 Å². The van der Waals surface area contributed by atoms with E-state index in [9.17, 15) is 18.0 Å². The summed E-state index contributed by atoms with van der Waals surface area (Å²) in [5.41, 5.74) is 2.34. The van der Waals surface area contributed by atoms with Crippen molar-refractivity contribution >= 4 is 56.6 Å². The number of halogens is 3. The second-order valence-corrected chi connectivity index (χ2v) is 12.0. The van der Waals surface area contributed by atoms with E-state index < -0.39 is 16.1 Å². The second kappa shape index (κ2) is 14.1.